The summed E-state index contributed by atoms with van der Waals surface area (Å²) in [6, 6.07) is 14.7. The normalized spacial score (nSPS) is 14.6. The van der Waals surface area contributed by atoms with E-state index in [0.29, 0.717) is 12.2 Å². The van der Waals surface area contributed by atoms with Crippen LogP contribution in [0.2, 0.25) is 0 Å². The van der Waals surface area contributed by atoms with Gasteiger partial charge in [-0.25, -0.2) is 0 Å². The monoisotopic (exact) mass is 351 g/mol. The predicted octanol–water partition coefficient (Wildman–Crippen LogP) is 3.63. The van der Waals surface area contributed by atoms with Gasteiger partial charge in [0.2, 0.25) is 5.91 Å². The molecule has 2 aromatic rings. The van der Waals surface area contributed by atoms with Gasteiger partial charge in [0.05, 0.1) is 17.2 Å². The number of hydrogen-bond acceptors (Lipinski definition) is 4. The Morgan fingerprint density at radius 2 is 2.00 bits per heavy atom. The fraction of sp³-hybridized carbons (Fsp3) is 0.250. The first-order valence-corrected chi connectivity index (χ1v) is 8.54. The molecule has 134 valence electrons. The molecule has 2 aromatic carbocycles. The molecular weight excluding hydrogens is 330 g/mol. The first kappa shape index (κ1) is 17.8. The van der Waals surface area contributed by atoms with Gasteiger partial charge in [-0.2, -0.15) is 0 Å². The number of rotatable bonds is 5. The molecule has 1 aliphatic heterocycles. The number of benzene rings is 2. The van der Waals surface area contributed by atoms with Gasteiger partial charge < -0.3 is 5.32 Å². The molecule has 0 fully saturated rings. The molecule has 0 saturated heterocycles. The van der Waals surface area contributed by atoms with E-state index in [-0.39, 0.29) is 18.1 Å². The molecule has 0 atom stereocenters. The zero-order valence-corrected chi connectivity index (χ0v) is 14.6. The number of nitro benzene ring substituents is 1. The number of nitrogens with one attached hydrogen (secondary N) is 1. The third-order valence-corrected chi connectivity index (χ3v) is 4.51. The molecule has 1 aliphatic rings. The van der Waals surface area contributed by atoms with Crippen LogP contribution in [0.5, 0.6) is 0 Å². The average Bonchev–Trinajstić information content (AvgIpc) is 2.64. The molecule has 0 aliphatic carbocycles. The van der Waals surface area contributed by atoms with Crippen molar-refractivity contribution in [2.24, 2.45) is 0 Å². The highest BCUT2D eigenvalue weighted by Crippen LogP contribution is 2.23. The minimum absolute atomic E-state index is 0.0284. The van der Waals surface area contributed by atoms with Crippen molar-refractivity contribution < 1.29 is 9.72 Å². The Morgan fingerprint density at radius 1 is 1.23 bits per heavy atom. The van der Waals surface area contributed by atoms with E-state index in [1.54, 1.807) is 6.07 Å². The summed E-state index contributed by atoms with van der Waals surface area (Å²) in [7, 11) is 0. The van der Waals surface area contributed by atoms with E-state index in [2.05, 4.69) is 28.4 Å². The third kappa shape index (κ3) is 4.34. The fourth-order valence-electron chi connectivity index (χ4n) is 3.02. The topological polar surface area (TPSA) is 75.5 Å². The van der Waals surface area contributed by atoms with Crippen molar-refractivity contribution in [3.05, 3.63) is 75.8 Å². The number of non-ortho nitro benzene ring substituents is 1. The lowest BCUT2D eigenvalue weighted by molar-refractivity contribution is -0.384. The molecule has 26 heavy (non-hydrogen) atoms. The highest BCUT2D eigenvalue weighted by molar-refractivity contribution is 5.93. The number of carbonyl (C=O) groups is 1. The Hall–Kier alpha value is -2.99. The zero-order valence-electron chi connectivity index (χ0n) is 14.6. The van der Waals surface area contributed by atoms with Crippen molar-refractivity contribution in [2.45, 2.75) is 13.3 Å². The molecule has 0 bridgehead atoms. The van der Waals surface area contributed by atoms with Crippen LogP contribution in [0.4, 0.5) is 11.4 Å². The second-order valence-electron chi connectivity index (χ2n) is 6.39. The van der Waals surface area contributed by atoms with Gasteiger partial charge >= 0.3 is 0 Å². The van der Waals surface area contributed by atoms with Crippen LogP contribution in [0.1, 0.15) is 17.5 Å². The van der Waals surface area contributed by atoms with Crippen LogP contribution in [0, 0.1) is 17.0 Å². The van der Waals surface area contributed by atoms with E-state index in [0.717, 1.165) is 18.5 Å². The number of anilines is 1. The molecular formula is C20H21N3O3. The van der Waals surface area contributed by atoms with Crippen LogP contribution in [-0.4, -0.2) is 35.4 Å². The summed E-state index contributed by atoms with van der Waals surface area (Å²) < 4.78 is 0. The van der Waals surface area contributed by atoms with Gasteiger partial charge in [0.25, 0.3) is 5.69 Å². The number of nitrogens with zero attached hydrogens (tertiary/aromatic N) is 2. The highest BCUT2D eigenvalue weighted by Gasteiger charge is 2.17. The summed E-state index contributed by atoms with van der Waals surface area (Å²) in [4.78, 5) is 24.8. The van der Waals surface area contributed by atoms with Gasteiger partial charge in [0.15, 0.2) is 0 Å². The van der Waals surface area contributed by atoms with Gasteiger partial charge in [0.1, 0.15) is 0 Å². The first-order valence-electron chi connectivity index (χ1n) is 8.54. The first-order chi connectivity index (χ1) is 12.5. The van der Waals surface area contributed by atoms with Crippen molar-refractivity contribution in [2.75, 3.05) is 25.0 Å². The number of nitro groups is 1. The maximum Gasteiger partial charge on any atom is 0.271 e. The van der Waals surface area contributed by atoms with Gasteiger partial charge in [0, 0.05) is 25.2 Å². The smallest absolute Gasteiger partial charge is 0.271 e. The van der Waals surface area contributed by atoms with Crippen LogP contribution in [0.3, 0.4) is 0 Å². The maximum atomic E-state index is 12.3. The summed E-state index contributed by atoms with van der Waals surface area (Å²) in [5.74, 6) is -0.162. The number of aryl methyl sites for hydroxylation is 1. The van der Waals surface area contributed by atoms with Crippen LogP contribution >= 0.6 is 0 Å². The molecule has 6 heteroatoms. The Morgan fingerprint density at radius 3 is 2.65 bits per heavy atom. The third-order valence-electron chi connectivity index (χ3n) is 4.51. The van der Waals surface area contributed by atoms with E-state index >= 15 is 0 Å². The molecule has 1 N–H and O–H groups in total. The van der Waals surface area contributed by atoms with Crippen molar-refractivity contribution in [1.29, 1.82) is 0 Å². The summed E-state index contributed by atoms with van der Waals surface area (Å²) in [6.07, 6.45) is 3.05. The lowest BCUT2D eigenvalue weighted by Gasteiger charge is -2.26. The van der Waals surface area contributed by atoms with E-state index in [4.69, 9.17) is 0 Å². The summed E-state index contributed by atoms with van der Waals surface area (Å²) >= 11 is 0. The van der Waals surface area contributed by atoms with Crippen LogP contribution in [0.25, 0.3) is 5.57 Å². The summed E-state index contributed by atoms with van der Waals surface area (Å²) in [5, 5.41) is 13.7. The lowest BCUT2D eigenvalue weighted by Crippen LogP contribution is -2.36. The standard InChI is InChI=1S/C20H21N3O3/c1-15-7-8-18(23(25)26)13-19(15)21-20(24)14-22-11-9-17(10-12-22)16-5-3-2-4-6-16/h2-9,13H,10-12,14H2,1H3,(H,21,24). The maximum absolute atomic E-state index is 12.3. The van der Waals surface area contributed by atoms with Gasteiger partial charge in [-0.3, -0.25) is 19.8 Å². The molecule has 3 rings (SSSR count). The van der Waals surface area contributed by atoms with E-state index < -0.39 is 4.92 Å². The van der Waals surface area contributed by atoms with E-state index in [1.165, 1.54) is 23.3 Å². The van der Waals surface area contributed by atoms with Crippen LogP contribution in [-0.2, 0) is 4.79 Å². The second-order valence-corrected chi connectivity index (χ2v) is 6.39. The highest BCUT2D eigenvalue weighted by atomic mass is 16.6. The van der Waals surface area contributed by atoms with Crippen molar-refractivity contribution in [3.8, 4) is 0 Å². The molecule has 0 unspecified atom stereocenters. The molecule has 6 nitrogen and oxygen atoms in total. The van der Waals surface area contributed by atoms with Crippen molar-refractivity contribution in [3.63, 3.8) is 0 Å². The lowest BCUT2D eigenvalue weighted by atomic mass is 10.00. The van der Waals surface area contributed by atoms with Gasteiger partial charge in [-0.1, -0.05) is 42.5 Å². The van der Waals surface area contributed by atoms with E-state index in [1.807, 2.05) is 25.1 Å². The Balaban J connectivity index is 1.59. The van der Waals surface area contributed by atoms with Crippen LogP contribution in [0.15, 0.2) is 54.6 Å². The molecule has 0 spiro atoms. The second kappa shape index (κ2) is 7.93. The molecule has 1 heterocycles. The van der Waals surface area contributed by atoms with Gasteiger partial charge in [-0.05, 0) is 30.0 Å². The summed E-state index contributed by atoms with van der Waals surface area (Å²) in [6.45, 7) is 3.60. The Bertz CT molecular complexity index is 847. The quantitative estimate of drug-likeness (QED) is 0.659. The Kier molecular flexibility index (Phi) is 5.43. The van der Waals surface area contributed by atoms with Gasteiger partial charge in [-0.15, -0.1) is 0 Å². The molecule has 0 saturated carbocycles. The number of carbonyl (C=O) groups excluding carboxylic acids is 1. The fourth-order valence-corrected chi connectivity index (χ4v) is 3.02. The van der Waals surface area contributed by atoms with Crippen LogP contribution < -0.4 is 5.32 Å². The number of hydrogen-bond donors (Lipinski definition) is 1. The minimum Gasteiger partial charge on any atom is -0.324 e. The average molecular weight is 351 g/mol. The Labute approximate surface area is 152 Å². The summed E-state index contributed by atoms with van der Waals surface area (Å²) in [5.41, 5.74) is 3.79. The SMILES string of the molecule is Cc1ccc([N+](=O)[O-])cc1NC(=O)CN1CC=C(c2ccccc2)CC1. The van der Waals surface area contributed by atoms with Crippen molar-refractivity contribution in [1.82, 2.24) is 4.90 Å². The molecule has 1 amide bonds. The largest absolute Gasteiger partial charge is 0.324 e. The number of amides is 1. The predicted molar refractivity (Wildman–Crippen MR) is 102 cm³/mol. The zero-order chi connectivity index (χ0) is 18.5. The van der Waals surface area contributed by atoms with E-state index in [9.17, 15) is 14.9 Å². The van der Waals surface area contributed by atoms with Crippen molar-refractivity contribution >= 4 is 22.9 Å². The molecule has 0 radical (unpaired) electrons. The minimum atomic E-state index is -0.463. The molecule has 0 aromatic heterocycles.